The second-order valence-electron chi connectivity index (χ2n) is 5.19. The van der Waals surface area contributed by atoms with Gasteiger partial charge in [-0.1, -0.05) is 0 Å². The monoisotopic (exact) mass is 423 g/mol. The number of halogens is 4. The van der Waals surface area contributed by atoms with Crippen molar-refractivity contribution in [3.8, 4) is 0 Å². The van der Waals surface area contributed by atoms with Gasteiger partial charge in [0.05, 0.1) is 15.3 Å². The quantitative estimate of drug-likeness (QED) is 0.762. The Morgan fingerprint density at radius 3 is 2.27 bits per heavy atom. The maximum Gasteiger partial charge on any atom is 0.416 e. The molecule has 118 valence electrons. The first-order valence-electron chi connectivity index (χ1n) is 6.30. The number of carbonyl (C=O) groups is 1. The normalized spacial score (nSPS) is 12.3. The highest BCUT2D eigenvalue weighted by molar-refractivity contribution is 14.1. The minimum absolute atomic E-state index is 0.299. The number of hydrogen-bond acceptors (Lipinski definition) is 2. The van der Waals surface area contributed by atoms with Crippen molar-refractivity contribution in [2.45, 2.75) is 25.6 Å². The van der Waals surface area contributed by atoms with Crippen LogP contribution in [0, 0.1) is 3.57 Å². The fourth-order valence-corrected chi connectivity index (χ4v) is 2.13. The lowest BCUT2D eigenvalue weighted by atomic mass is 10.0. The number of nitrogens with zero attached hydrogens (tertiary/aromatic N) is 2. The summed E-state index contributed by atoms with van der Waals surface area (Å²) >= 11 is 2.08. The van der Waals surface area contributed by atoms with Crippen LogP contribution in [0.2, 0.25) is 0 Å². The summed E-state index contributed by atoms with van der Waals surface area (Å²) < 4.78 is 39.9. The SMILES string of the molecule is CC(C)(C(=O)Nc1ccc(C(F)(F)F)cc1)n1cc(I)cn1. The van der Waals surface area contributed by atoms with Crippen molar-refractivity contribution in [2.24, 2.45) is 0 Å². The lowest BCUT2D eigenvalue weighted by Crippen LogP contribution is -2.40. The molecule has 0 bridgehead atoms. The van der Waals surface area contributed by atoms with Gasteiger partial charge in [0.1, 0.15) is 5.54 Å². The molecular formula is C14H13F3IN3O. The van der Waals surface area contributed by atoms with Gasteiger partial charge in [-0.2, -0.15) is 18.3 Å². The molecule has 2 rings (SSSR count). The van der Waals surface area contributed by atoms with Gasteiger partial charge in [0.15, 0.2) is 0 Å². The Hall–Kier alpha value is -1.58. The fourth-order valence-electron chi connectivity index (χ4n) is 1.74. The number of hydrogen-bond donors (Lipinski definition) is 1. The van der Waals surface area contributed by atoms with Crippen LogP contribution in [-0.4, -0.2) is 15.7 Å². The Kier molecular flexibility index (Phi) is 4.50. The van der Waals surface area contributed by atoms with E-state index in [0.717, 1.165) is 15.7 Å². The van der Waals surface area contributed by atoms with Gasteiger partial charge in [-0.15, -0.1) is 0 Å². The van der Waals surface area contributed by atoms with E-state index in [2.05, 4.69) is 33.0 Å². The lowest BCUT2D eigenvalue weighted by molar-refractivity contribution is -0.137. The van der Waals surface area contributed by atoms with Crippen molar-refractivity contribution in [3.63, 3.8) is 0 Å². The van der Waals surface area contributed by atoms with Crippen molar-refractivity contribution in [1.29, 1.82) is 0 Å². The third kappa shape index (κ3) is 3.60. The van der Waals surface area contributed by atoms with Crippen molar-refractivity contribution in [2.75, 3.05) is 5.32 Å². The van der Waals surface area contributed by atoms with Gasteiger partial charge >= 0.3 is 6.18 Å². The molecule has 0 spiro atoms. The molecule has 0 aliphatic rings. The van der Waals surface area contributed by atoms with Gasteiger partial charge < -0.3 is 5.32 Å². The average molecular weight is 423 g/mol. The number of nitrogens with one attached hydrogen (secondary N) is 1. The number of rotatable bonds is 3. The molecular weight excluding hydrogens is 410 g/mol. The van der Waals surface area contributed by atoms with Crippen LogP contribution >= 0.6 is 22.6 Å². The third-order valence-electron chi connectivity index (χ3n) is 3.15. The zero-order valence-electron chi connectivity index (χ0n) is 11.8. The van der Waals surface area contributed by atoms with Crippen LogP contribution in [-0.2, 0) is 16.5 Å². The molecule has 0 atom stereocenters. The summed E-state index contributed by atoms with van der Waals surface area (Å²) in [5.41, 5.74) is -1.43. The van der Waals surface area contributed by atoms with Gasteiger partial charge in [0, 0.05) is 11.9 Å². The van der Waals surface area contributed by atoms with Gasteiger partial charge in [0.25, 0.3) is 5.91 Å². The summed E-state index contributed by atoms with van der Waals surface area (Å²) in [5.74, 6) is -0.369. The van der Waals surface area contributed by atoms with Gasteiger partial charge in [-0.05, 0) is 60.7 Å². The first-order valence-corrected chi connectivity index (χ1v) is 7.38. The highest BCUT2D eigenvalue weighted by Gasteiger charge is 2.32. The molecule has 0 fully saturated rings. The highest BCUT2D eigenvalue weighted by Crippen LogP contribution is 2.30. The predicted molar refractivity (Wildman–Crippen MR) is 84.3 cm³/mol. The molecule has 0 aliphatic heterocycles. The van der Waals surface area contributed by atoms with Crippen LogP contribution in [0.4, 0.5) is 18.9 Å². The van der Waals surface area contributed by atoms with Crippen LogP contribution < -0.4 is 5.32 Å². The highest BCUT2D eigenvalue weighted by atomic mass is 127. The molecule has 8 heteroatoms. The van der Waals surface area contributed by atoms with E-state index in [0.29, 0.717) is 5.69 Å². The first kappa shape index (κ1) is 16.8. The first-order chi connectivity index (χ1) is 10.1. The minimum atomic E-state index is -4.40. The molecule has 0 unspecified atom stereocenters. The topological polar surface area (TPSA) is 46.9 Å². The number of alkyl halides is 3. The lowest BCUT2D eigenvalue weighted by Gasteiger charge is -2.24. The second kappa shape index (κ2) is 5.90. The molecule has 0 saturated carbocycles. The summed E-state index contributed by atoms with van der Waals surface area (Å²) in [6.45, 7) is 3.35. The van der Waals surface area contributed by atoms with Crippen molar-refractivity contribution in [3.05, 3.63) is 45.8 Å². The Morgan fingerprint density at radius 2 is 1.82 bits per heavy atom. The van der Waals surface area contributed by atoms with E-state index in [4.69, 9.17) is 0 Å². The third-order valence-corrected chi connectivity index (χ3v) is 3.71. The van der Waals surface area contributed by atoms with Crippen molar-refractivity contribution in [1.82, 2.24) is 9.78 Å². The van der Waals surface area contributed by atoms with Crippen LogP contribution in [0.3, 0.4) is 0 Å². The maximum atomic E-state index is 12.5. The second-order valence-corrected chi connectivity index (χ2v) is 6.44. The molecule has 4 nitrogen and oxygen atoms in total. The van der Waals surface area contributed by atoms with Crippen LogP contribution in [0.5, 0.6) is 0 Å². The number of anilines is 1. The fraction of sp³-hybridized carbons (Fsp3) is 0.286. The van der Waals surface area contributed by atoms with Crippen LogP contribution in [0.25, 0.3) is 0 Å². The largest absolute Gasteiger partial charge is 0.416 e. The van der Waals surface area contributed by atoms with E-state index in [1.165, 1.54) is 16.8 Å². The molecule has 1 aromatic heterocycles. The Morgan fingerprint density at radius 1 is 1.23 bits per heavy atom. The Labute approximate surface area is 138 Å². The van der Waals surface area contributed by atoms with E-state index in [-0.39, 0.29) is 5.91 Å². The molecule has 0 aliphatic carbocycles. The number of benzene rings is 1. The van der Waals surface area contributed by atoms with Gasteiger partial charge in [-0.3, -0.25) is 9.48 Å². The summed E-state index contributed by atoms with van der Waals surface area (Å²) in [6, 6.07) is 4.31. The summed E-state index contributed by atoms with van der Waals surface area (Å²) in [6.07, 6.45) is -1.06. The summed E-state index contributed by atoms with van der Waals surface area (Å²) in [5, 5.41) is 6.70. The molecule has 1 aromatic carbocycles. The molecule has 2 aromatic rings. The molecule has 1 heterocycles. The summed E-state index contributed by atoms with van der Waals surface area (Å²) in [7, 11) is 0. The van der Waals surface area contributed by atoms with Crippen LogP contribution in [0.1, 0.15) is 19.4 Å². The molecule has 0 radical (unpaired) electrons. The number of aromatic nitrogens is 2. The smallest absolute Gasteiger partial charge is 0.324 e. The van der Waals surface area contributed by atoms with Crippen molar-refractivity contribution >= 4 is 34.2 Å². The number of amides is 1. The van der Waals surface area contributed by atoms with Gasteiger partial charge in [-0.25, -0.2) is 0 Å². The van der Waals surface area contributed by atoms with Crippen LogP contribution in [0.15, 0.2) is 36.7 Å². The predicted octanol–water partition coefficient (Wildman–Crippen LogP) is 3.88. The molecule has 1 amide bonds. The Bertz CT molecular complexity index is 677. The minimum Gasteiger partial charge on any atom is -0.324 e. The zero-order valence-corrected chi connectivity index (χ0v) is 13.9. The Balaban J connectivity index is 2.15. The maximum absolute atomic E-state index is 12.5. The van der Waals surface area contributed by atoms with Crippen molar-refractivity contribution < 1.29 is 18.0 Å². The van der Waals surface area contributed by atoms with E-state index in [1.54, 1.807) is 26.2 Å². The molecule has 22 heavy (non-hydrogen) atoms. The van der Waals surface area contributed by atoms with Gasteiger partial charge in [0.2, 0.25) is 0 Å². The molecule has 1 N–H and O–H groups in total. The number of carbonyl (C=O) groups excluding carboxylic acids is 1. The average Bonchev–Trinajstić information content (AvgIpc) is 2.85. The zero-order chi connectivity index (χ0) is 16.5. The van der Waals surface area contributed by atoms with E-state index < -0.39 is 17.3 Å². The summed E-state index contributed by atoms with van der Waals surface area (Å²) in [4.78, 5) is 12.3. The van der Waals surface area contributed by atoms with E-state index >= 15 is 0 Å². The standard InChI is InChI=1S/C14H13F3IN3O/c1-13(2,21-8-10(18)7-19-21)12(22)20-11-5-3-9(4-6-11)14(15,16)17/h3-8H,1-2H3,(H,20,22). The molecule has 0 saturated heterocycles. The van der Waals surface area contributed by atoms with E-state index in [9.17, 15) is 18.0 Å². The van der Waals surface area contributed by atoms with E-state index in [1.807, 2.05) is 0 Å².